The summed E-state index contributed by atoms with van der Waals surface area (Å²) in [4.78, 5) is 9.15. The second-order valence-corrected chi connectivity index (χ2v) is 5.51. The molecule has 2 aliphatic rings. The van der Waals surface area contributed by atoms with E-state index in [4.69, 9.17) is 4.74 Å². The highest BCUT2D eigenvalue weighted by molar-refractivity contribution is 5.49. The van der Waals surface area contributed by atoms with Crippen molar-refractivity contribution >= 4 is 11.6 Å². The first-order chi connectivity index (χ1) is 8.68. The van der Waals surface area contributed by atoms with Crippen LogP contribution in [0.2, 0.25) is 0 Å². The highest BCUT2D eigenvalue weighted by Crippen LogP contribution is 2.39. The monoisotopic (exact) mass is 248 g/mol. The summed E-state index contributed by atoms with van der Waals surface area (Å²) in [5.41, 5.74) is 0.000184. The van der Waals surface area contributed by atoms with Crippen LogP contribution < -0.4 is 10.6 Å². The Bertz CT molecular complexity index is 439. The van der Waals surface area contributed by atoms with Crippen LogP contribution in [0, 0.1) is 0 Å². The number of nitrogens with zero attached hydrogens (tertiary/aromatic N) is 2. The van der Waals surface area contributed by atoms with Gasteiger partial charge in [0.05, 0.1) is 12.1 Å². The third-order valence-corrected chi connectivity index (χ3v) is 3.59. The largest absolute Gasteiger partial charge is 0.379 e. The second kappa shape index (κ2) is 4.39. The van der Waals surface area contributed by atoms with E-state index < -0.39 is 0 Å². The Balaban J connectivity index is 1.83. The van der Waals surface area contributed by atoms with E-state index in [0.29, 0.717) is 5.92 Å². The van der Waals surface area contributed by atoms with E-state index in [-0.39, 0.29) is 5.54 Å². The summed E-state index contributed by atoms with van der Waals surface area (Å²) in [6, 6.07) is 1.97. The molecule has 1 aliphatic heterocycles. The minimum Gasteiger partial charge on any atom is -0.379 e. The molecule has 1 aromatic rings. The fraction of sp³-hybridized carbons (Fsp3) is 0.692. The van der Waals surface area contributed by atoms with Gasteiger partial charge in [0.1, 0.15) is 17.5 Å². The summed E-state index contributed by atoms with van der Waals surface area (Å²) in [5.74, 6) is 3.32. The van der Waals surface area contributed by atoms with Gasteiger partial charge < -0.3 is 15.4 Å². The molecule has 1 atom stereocenters. The smallest absolute Gasteiger partial charge is 0.136 e. The highest BCUT2D eigenvalue weighted by atomic mass is 16.5. The van der Waals surface area contributed by atoms with Crippen LogP contribution in [0.1, 0.15) is 37.9 Å². The van der Waals surface area contributed by atoms with E-state index in [1.165, 1.54) is 12.8 Å². The lowest BCUT2D eigenvalue weighted by Gasteiger charge is -2.24. The van der Waals surface area contributed by atoms with Gasteiger partial charge in [-0.1, -0.05) is 0 Å². The van der Waals surface area contributed by atoms with Crippen molar-refractivity contribution in [1.82, 2.24) is 9.97 Å². The van der Waals surface area contributed by atoms with Crippen LogP contribution in [-0.4, -0.2) is 35.8 Å². The molecule has 0 bridgehead atoms. The average molecular weight is 248 g/mol. The Labute approximate surface area is 107 Å². The first kappa shape index (κ1) is 11.7. The van der Waals surface area contributed by atoms with Gasteiger partial charge >= 0.3 is 0 Å². The third kappa shape index (κ3) is 2.41. The van der Waals surface area contributed by atoms with E-state index in [9.17, 15) is 0 Å². The molecule has 5 nitrogen and oxygen atoms in total. The summed E-state index contributed by atoms with van der Waals surface area (Å²) >= 11 is 0. The van der Waals surface area contributed by atoms with E-state index >= 15 is 0 Å². The van der Waals surface area contributed by atoms with Gasteiger partial charge in [0.2, 0.25) is 0 Å². The fourth-order valence-electron chi connectivity index (χ4n) is 2.26. The van der Waals surface area contributed by atoms with E-state index in [1.807, 2.05) is 13.1 Å². The average Bonchev–Trinajstić information content (AvgIpc) is 3.13. The molecular formula is C13H20N4O. The van der Waals surface area contributed by atoms with Crippen LogP contribution in [0.4, 0.5) is 11.6 Å². The molecule has 1 saturated heterocycles. The molecule has 98 valence electrons. The van der Waals surface area contributed by atoms with Gasteiger partial charge in [0.15, 0.2) is 0 Å². The molecule has 1 aromatic heterocycles. The topological polar surface area (TPSA) is 59.1 Å². The Hall–Kier alpha value is -1.36. The third-order valence-electron chi connectivity index (χ3n) is 3.59. The summed E-state index contributed by atoms with van der Waals surface area (Å²) in [5, 5.41) is 6.60. The van der Waals surface area contributed by atoms with Crippen molar-refractivity contribution in [2.45, 2.75) is 37.6 Å². The first-order valence-corrected chi connectivity index (χ1v) is 6.61. The Morgan fingerprint density at radius 1 is 1.33 bits per heavy atom. The minimum atomic E-state index is 0.000184. The highest BCUT2D eigenvalue weighted by Gasteiger charge is 2.31. The molecule has 0 aromatic carbocycles. The number of ether oxygens (including phenoxy) is 1. The van der Waals surface area contributed by atoms with Gasteiger partial charge in [0, 0.05) is 25.6 Å². The number of hydrogen-bond donors (Lipinski definition) is 2. The zero-order valence-electron chi connectivity index (χ0n) is 11.0. The quantitative estimate of drug-likeness (QED) is 0.853. The number of aromatic nitrogens is 2. The molecule has 1 unspecified atom stereocenters. The standard InChI is InChI=1S/C13H20N4O/c1-13(5-6-18-8-13)17-11-7-10(14-2)15-12(16-11)9-3-4-9/h7,9H,3-6,8H2,1-2H3,(H2,14,15,16,17). The SMILES string of the molecule is CNc1cc(NC2(C)CCOC2)nc(C2CC2)n1. The van der Waals surface area contributed by atoms with Crippen LogP contribution in [0.5, 0.6) is 0 Å². The van der Waals surface area contributed by atoms with Gasteiger partial charge in [-0.3, -0.25) is 0 Å². The lowest BCUT2D eigenvalue weighted by molar-refractivity contribution is 0.185. The molecule has 5 heteroatoms. The van der Waals surface area contributed by atoms with Crippen molar-refractivity contribution in [2.75, 3.05) is 30.9 Å². The molecule has 2 N–H and O–H groups in total. The lowest BCUT2D eigenvalue weighted by Crippen LogP contribution is -2.35. The van der Waals surface area contributed by atoms with E-state index in [0.717, 1.165) is 37.1 Å². The van der Waals surface area contributed by atoms with Crippen molar-refractivity contribution in [3.8, 4) is 0 Å². The van der Waals surface area contributed by atoms with Crippen LogP contribution in [0.3, 0.4) is 0 Å². The number of nitrogens with one attached hydrogen (secondary N) is 2. The predicted octanol–water partition coefficient (Wildman–Crippen LogP) is 1.99. The maximum atomic E-state index is 5.46. The molecule has 0 amide bonds. The summed E-state index contributed by atoms with van der Waals surface area (Å²) in [7, 11) is 1.89. The van der Waals surface area contributed by atoms with Gasteiger partial charge in [-0.05, 0) is 26.2 Å². The molecular weight excluding hydrogens is 228 g/mol. The number of anilines is 2. The van der Waals surface area contributed by atoms with Crippen molar-refractivity contribution in [2.24, 2.45) is 0 Å². The zero-order valence-corrected chi connectivity index (χ0v) is 11.0. The van der Waals surface area contributed by atoms with Crippen LogP contribution >= 0.6 is 0 Å². The normalized spacial score (nSPS) is 27.2. The van der Waals surface area contributed by atoms with E-state index in [2.05, 4.69) is 27.5 Å². The molecule has 0 spiro atoms. The Morgan fingerprint density at radius 3 is 2.72 bits per heavy atom. The summed E-state index contributed by atoms with van der Waals surface area (Å²) < 4.78 is 5.46. The molecule has 18 heavy (non-hydrogen) atoms. The van der Waals surface area contributed by atoms with Crippen molar-refractivity contribution in [1.29, 1.82) is 0 Å². The van der Waals surface area contributed by atoms with Gasteiger partial charge in [-0.2, -0.15) is 0 Å². The number of hydrogen-bond acceptors (Lipinski definition) is 5. The van der Waals surface area contributed by atoms with Gasteiger partial charge in [-0.25, -0.2) is 9.97 Å². The summed E-state index contributed by atoms with van der Waals surface area (Å²) in [6.07, 6.45) is 3.45. The molecule has 2 fully saturated rings. The Morgan fingerprint density at radius 2 is 2.11 bits per heavy atom. The lowest BCUT2D eigenvalue weighted by atomic mass is 10.0. The molecule has 3 rings (SSSR count). The van der Waals surface area contributed by atoms with Gasteiger partial charge in [0.25, 0.3) is 0 Å². The van der Waals surface area contributed by atoms with Crippen LogP contribution in [0.25, 0.3) is 0 Å². The maximum absolute atomic E-state index is 5.46. The molecule has 2 heterocycles. The van der Waals surface area contributed by atoms with Crippen molar-refractivity contribution < 1.29 is 4.74 Å². The predicted molar refractivity (Wildman–Crippen MR) is 71.0 cm³/mol. The molecule has 0 radical (unpaired) electrons. The molecule has 1 saturated carbocycles. The fourth-order valence-corrected chi connectivity index (χ4v) is 2.26. The van der Waals surface area contributed by atoms with Crippen LogP contribution in [-0.2, 0) is 4.74 Å². The maximum Gasteiger partial charge on any atom is 0.136 e. The first-order valence-electron chi connectivity index (χ1n) is 6.61. The summed E-state index contributed by atoms with van der Waals surface area (Å²) in [6.45, 7) is 3.74. The molecule has 1 aliphatic carbocycles. The van der Waals surface area contributed by atoms with Crippen molar-refractivity contribution in [3.05, 3.63) is 11.9 Å². The minimum absolute atomic E-state index is 0.000184. The Kier molecular flexibility index (Phi) is 2.86. The zero-order chi connectivity index (χ0) is 12.6. The number of rotatable bonds is 4. The van der Waals surface area contributed by atoms with E-state index in [1.54, 1.807) is 0 Å². The second-order valence-electron chi connectivity index (χ2n) is 5.51. The van der Waals surface area contributed by atoms with Crippen LogP contribution in [0.15, 0.2) is 6.07 Å². The van der Waals surface area contributed by atoms with Crippen molar-refractivity contribution in [3.63, 3.8) is 0 Å². The van der Waals surface area contributed by atoms with Gasteiger partial charge in [-0.15, -0.1) is 0 Å².